The zero-order valence-electron chi connectivity index (χ0n) is 46.2. The van der Waals surface area contributed by atoms with E-state index in [1.54, 1.807) is 46.1 Å². The minimum absolute atomic E-state index is 0. The molecule has 8 aliphatic carbocycles. The van der Waals surface area contributed by atoms with Crippen LogP contribution in [-0.2, 0) is 129 Å². The molecule has 0 radical (unpaired) electrons. The maximum atomic E-state index is 7.09. The summed E-state index contributed by atoms with van der Waals surface area (Å²) in [6.07, 6.45) is 22.7. The molecule has 10 rings (SSSR count). The van der Waals surface area contributed by atoms with Crippen molar-refractivity contribution >= 4 is 210 Å². The molecule has 8 fully saturated rings. The molecule has 0 aromatic heterocycles. The second-order valence-corrected chi connectivity index (χ2v) is 53.1. The molecule has 20 atom stereocenters. The van der Waals surface area contributed by atoms with Gasteiger partial charge in [0.2, 0.25) is 0 Å². The Morgan fingerprint density at radius 1 is 0.442 bits per heavy atom. The summed E-state index contributed by atoms with van der Waals surface area (Å²) in [5, 5.41) is 3.31. The van der Waals surface area contributed by atoms with Crippen molar-refractivity contribution in [3.8, 4) is 0 Å². The zero-order valence-corrected chi connectivity index (χ0v) is 69.6. The summed E-state index contributed by atoms with van der Waals surface area (Å²) in [6, 6.07) is 21.8. The average molecular weight is 1750 g/mol. The van der Waals surface area contributed by atoms with Crippen molar-refractivity contribution in [2.75, 3.05) is 0 Å². The van der Waals surface area contributed by atoms with Crippen molar-refractivity contribution in [2.45, 2.75) is 172 Å². The number of benzene rings is 2. The van der Waals surface area contributed by atoms with Crippen LogP contribution in [0.25, 0.3) is 0 Å². The van der Waals surface area contributed by atoms with Gasteiger partial charge in [0.15, 0.2) is 0 Å². The number of rotatable bonds is 6. The Balaban J connectivity index is 0.000000407. The van der Waals surface area contributed by atoms with Crippen molar-refractivity contribution in [1.82, 2.24) is 0 Å². The van der Waals surface area contributed by atoms with Crippen LogP contribution >= 0.6 is 112 Å². The molecule has 438 valence electrons. The van der Waals surface area contributed by atoms with Crippen LogP contribution in [0.5, 0.6) is 0 Å². The molecule has 0 bridgehead atoms. The van der Waals surface area contributed by atoms with Gasteiger partial charge in [0.05, 0.1) is 0 Å². The molecule has 2 aromatic rings. The number of fused-ring (bicyclic) bond motifs is 4. The molecular weight excluding hydrogens is 1670 g/mol. The first kappa shape index (κ1) is 79.2. The summed E-state index contributed by atoms with van der Waals surface area (Å²) in [6.45, 7) is 10.0. The first-order chi connectivity index (χ1) is 35.2. The van der Waals surface area contributed by atoms with Gasteiger partial charge in [-0.25, -0.2) is 0 Å². The van der Waals surface area contributed by atoms with Crippen LogP contribution in [0.15, 0.2) is 60.7 Å². The predicted octanol–water partition coefficient (Wildman–Crippen LogP) is 20.5. The normalized spacial score (nSPS) is 37.8. The van der Waals surface area contributed by atoms with Crippen molar-refractivity contribution in [3.05, 3.63) is 90.4 Å². The molecule has 0 saturated heterocycles. The maximum absolute atomic E-state index is 7.09. The Labute approximate surface area is 576 Å². The van der Waals surface area contributed by atoms with E-state index in [1.165, 1.54) is 120 Å². The van der Waals surface area contributed by atoms with Gasteiger partial charge in [0.25, 0.3) is 0 Å². The van der Waals surface area contributed by atoms with Crippen LogP contribution in [0, 0.1) is 101 Å². The standard InChI is InChI=1S/C26H37Br2PS.C26H37Br2P.4CH3.4ClH.S8.2Zr/c1-16-12-19-21(14-16)25(10-8-23(19)27)29(30,18-6-4-3-5-7-18)26-11-9-24(28)20-13-17(2)15-22(20)26;1-16-12-19-21(14-16)25(10-8-23(19)27)29(18-6-4-3-5-7-18)26-11-9-24(28)20-13-17(2)15-22(20)26;;;;;;;;;1-3-5-7-8-6-4-2;;/h3-7,16-17,19-26H,8-15H2,1-2H3;3-7,16-17,19-26H,8-15H2,1-2H3;4*1H3;4*1H;;;/q;;4*-1;;;;;;2*+4/p-4. The first-order valence-electron chi connectivity index (χ1n) is 26.4. The topological polar surface area (TPSA) is 0 Å². The number of alkyl halides is 4. The van der Waals surface area contributed by atoms with Gasteiger partial charge in [0.1, 0.15) is 0 Å². The Morgan fingerprint density at radius 3 is 1.06 bits per heavy atom. The molecule has 0 aliphatic heterocycles. The number of halogens is 8. The molecule has 0 nitrogen and oxygen atoms in total. The van der Waals surface area contributed by atoms with Crippen LogP contribution in [0.1, 0.15) is 130 Å². The summed E-state index contributed by atoms with van der Waals surface area (Å²) in [4.78, 5) is 3.00. The third-order valence-corrected chi connectivity index (χ3v) is 44.3. The van der Waals surface area contributed by atoms with E-state index in [0.717, 1.165) is 113 Å². The molecule has 21 heteroatoms. The fourth-order valence-electron chi connectivity index (χ4n) is 16.2. The van der Waals surface area contributed by atoms with Gasteiger partial charge in [0, 0.05) is 95.0 Å². The fourth-order valence-corrected chi connectivity index (χ4v) is 41.5. The van der Waals surface area contributed by atoms with E-state index in [9.17, 15) is 0 Å². The molecule has 0 heterocycles. The van der Waals surface area contributed by atoms with E-state index in [1.807, 2.05) is 0 Å². The van der Waals surface area contributed by atoms with Crippen LogP contribution in [0.2, 0.25) is 0 Å². The third kappa shape index (κ3) is 21.4. The van der Waals surface area contributed by atoms with Gasteiger partial charge in [-0.3, -0.25) is 0 Å². The molecule has 20 unspecified atom stereocenters. The van der Waals surface area contributed by atoms with Crippen molar-refractivity contribution in [2.24, 2.45) is 71.0 Å². The molecule has 2 aromatic carbocycles. The van der Waals surface area contributed by atoms with Crippen LogP contribution < -0.4 is 10.6 Å². The van der Waals surface area contributed by atoms with E-state index in [4.69, 9.17) is 45.9 Å². The average Bonchev–Trinajstić information content (AvgIpc) is 4.19. The molecule has 0 N–H and O–H groups in total. The number of hydrogen-bond acceptors (Lipinski definition) is 3. The predicted molar refractivity (Wildman–Crippen MR) is 386 cm³/mol. The van der Waals surface area contributed by atoms with E-state index in [2.05, 4.69) is 174 Å². The SMILES string of the molecule is CC1CC2C(Br)CCC(P(=S)(c3ccccc3)C3CCC(Br)C4CC(C)CC43)C2C1.CC1CC2C(Br)CCC(P(c3ccccc3)C3CCC(Br)C4CC(C)CC43)C2C1.S=S=S=S=S=S=S=S.[CH3-].[CH3-].[CH3-].[CH3-].[Cl][Zr+2][Cl].[Cl][Zr+2][Cl]. The van der Waals surface area contributed by atoms with Crippen molar-refractivity contribution < 1.29 is 41.7 Å². The van der Waals surface area contributed by atoms with Gasteiger partial charge < -0.3 is 29.7 Å². The van der Waals surface area contributed by atoms with Crippen molar-refractivity contribution in [3.63, 3.8) is 0 Å². The Hall–Kier alpha value is 6.13. The van der Waals surface area contributed by atoms with Gasteiger partial charge in [-0.2, -0.15) is 0 Å². The second kappa shape index (κ2) is 40.8. The summed E-state index contributed by atoms with van der Waals surface area (Å²) in [5.74, 6) is 10.8. The van der Waals surface area contributed by atoms with Gasteiger partial charge in [-0.05, 0) is 213 Å². The molecule has 8 saturated carbocycles. The quantitative estimate of drug-likeness (QED) is 0.161. The fraction of sp³-hybridized carbons (Fsp3) is 0.714. The van der Waals surface area contributed by atoms with Crippen LogP contribution in [0.3, 0.4) is 0 Å². The molecule has 0 amide bonds. The van der Waals surface area contributed by atoms with Crippen LogP contribution in [-0.4, -0.2) is 41.9 Å². The minimum atomic E-state index is -1.68. The summed E-state index contributed by atoms with van der Waals surface area (Å²) in [5.41, 5.74) is 3.47. The summed E-state index contributed by atoms with van der Waals surface area (Å²) < 4.78 is 0. The van der Waals surface area contributed by atoms with Gasteiger partial charge >= 0.3 is 75.7 Å². The van der Waals surface area contributed by atoms with E-state index < -0.39 is 47.7 Å². The Kier molecular flexibility index (Phi) is 42.0. The molecule has 8 aliphatic rings. The zero-order chi connectivity index (χ0) is 52.8. The van der Waals surface area contributed by atoms with Crippen molar-refractivity contribution in [1.29, 1.82) is 0 Å². The van der Waals surface area contributed by atoms with E-state index >= 15 is 0 Å². The van der Waals surface area contributed by atoms with E-state index in [0.29, 0.717) is 0 Å². The molecule has 77 heavy (non-hydrogen) atoms. The second-order valence-electron chi connectivity index (χ2n) is 22.6. The Bertz CT molecular complexity index is 2220. The Morgan fingerprint density at radius 2 is 0.727 bits per heavy atom. The number of hydrogen-bond donors (Lipinski definition) is 0. The summed E-state index contributed by atoms with van der Waals surface area (Å²) >= 11 is 31.1. The van der Waals surface area contributed by atoms with Gasteiger partial charge in [-0.1, -0.05) is 172 Å². The summed E-state index contributed by atoms with van der Waals surface area (Å²) in [7, 11) is 28.8. The van der Waals surface area contributed by atoms with Crippen LogP contribution in [0.4, 0.5) is 0 Å². The first-order valence-corrected chi connectivity index (χ1v) is 56.5. The molecular formula is C56H86Br4Cl4P2S9Zr2. The monoisotopic (exact) mass is 1740 g/mol. The molecule has 0 spiro atoms. The third-order valence-electron chi connectivity index (χ3n) is 18.4. The van der Waals surface area contributed by atoms with Gasteiger partial charge in [-0.15, -0.1) is 0 Å². The van der Waals surface area contributed by atoms with E-state index in [-0.39, 0.29) is 37.6 Å².